The lowest BCUT2D eigenvalue weighted by molar-refractivity contribution is 0.464. The molecule has 0 radical (unpaired) electrons. The van der Waals surface area contributed by atoms with Crippen molar-refractivity contribution in [3.63, 3.8) is 0 Å². The van der Waals surface area contributed by atoms with E-state index in [0.29, 0.717) is 5.88 Å². The Bertz CT molecular complexity index is 734. The molecule has 0 spiro atoms. The Kier molecular flexibility index (Phi) is 3.22. The SMILES string of the molecule is Cc1ccnc(Oc2cccc3ccccc23)c1Br. The topological polar surface area (TPSA) is 22.1 Å². The Morgan fingerprint density at radius 1 is 1.00 bits per heavy atom. The molecule has 0 aliphatic carbocycles. The lowest BCUT2D eigenvalue weighted by Crippen LogP contribution is -1.91. The molecule has 3 aromatic rings. The molecule has 2 nitrogen and oxygen atoms in total. The summed E-state index contributed by atoms with van der Waals surface area (Å²) in [5.41, 5.74) is 1.10. The standard InChI is InChI=1S/C16H12BrNO/c1-11-9-10-18-16(15(11)17)19-14-8-4-6-12-5-2-3-7-13(12)14/h2-10H,1H3. The molecule has 0 aliphatic rings. The van der Waals surface area contributed by atoms with Gasteiger partial charge in [-0.25, -0.2) is 4.98 Å². The number of aromatic nitrogens is 1. The minimum Gasteiger partial charge on any atom is -0.437 e. The van der Waals surface area contributed by atoms with Gasteiger partial charge >= 0.3 is 0 Å². The predicted molar refractivity (Wildman–Crippen MR) is 80.7 cm³/mol. The first-order valence-electron chi connectivity index (χ1n) is 6.02. The van der Waals surface area contributed by atoms with Gasteiger partial charge in [-0.1, -0.05) is 36.4 Å². The van der Waals surface area contributed by atoms with Crippen LogP contribution in [0, 0.1) is 6.92 Å². The van der Waals surface area contributed by atoms with E-state index in [1.54, 1.807) is 6.20 Å². The number of ether oxygens (including phenoxy) is 1. The number of benzene rings is 2. The maximum Gasteiger partial charge on any atom is 0.233 e. The third-order valence-corrected chi connectivity index (χ3v) is 3.97. The number of pyridine rings is 1. The highest BCUT2D eigenvalue weighted by atomic mass is 79.9. The molecule has 0 saturated carbocycles. The van der Waals surface area contributed by atoms with Gasteiger partial charge in [-0.05, 0) is 45.9 Å². The second kappa shape index (κ2) is 5.02. The van der Waals surface area contributed by atoms with Crippen LogP contribution in [-0.2, 0) is 0 Å². The summed E-state index contributed by atoms with van der Waals surface area (Å²) in [5, 5.41) is 2.24. The normalized spacial score (nSPS) is 10.6. The zero-order chi connectivity index (χ0) is 13.2. The van der Waals surface area contributed by atoms with E-state index in [1.165, 1.54) is 0 Å². The molecule has 0 amide bonds. The summed E-state index contributed by atoms with van der Waals surface area (Å²) < 4.78 is 6.84. The largest absolute Gasteiger partial charge is 0.437 e. The van der Waals surface area contributed by atoms with Crippen molar-refractivity contribution in [2.45, 2.75) is 6.92 Å². The van der Waals surface area contributed by atoms with Crippen molar-refractivity contribution >= 4 is 26.7 Å². The van der Waals surface area contributed by atoms with E-state index in [0.717, 1.165) is 26.6 Å². The molecule has 0 fully saturated rings. The quantitative estimate of drug-likeness (QED) is 0.656. The third kappa shape index (κ3) is 2.34. The van der Waals surface area contributed by atoms with Crippen LogP contribution in [0.1, 0.15) is 5.56 Å². The van der Waals surface area contributed by atoms with Gasteiger partial charge in [0.15, 0.2) is 0 Å². The molecule has 0 bridgehead atoms. The van der Waals surface area contributed by atoms with Crippen molar-refractivity contribution in [3.05, 3.63) is 64.8 Å². The molecule has 94 valence electrons. The van der Waals surface area contributed by atoms with Crippen LogP contribution in [0.5, 0.6) is 11.6 Å². The molecule has 0 atom stereocenters. The first-order valence-corrected chi connectivity index (χ1v) is 6.82. The van der Waals surface area contributed by atoms with Crippen LogP contribution in [0.15, 0.2) is 59.2 Å². The number of fused-ring (bicyclic) bond motifs is 1. The monoisotopic (exact) mass is 313 g/mol. The van der Waals surface area contributed by atoms with Crippen LogP contribution in [-0.4, -0.2) is 4.98 Å². The van der Waals surface area contributed by atoms with Crippen molar-refractivity contribution in [2.75, 3.05) is 0 Å². The Morgan fingerprint density at radius 3 is 2.68 bits per heavy atom. The maximum atomic E-state index is 5.95. The molecule has 2 aromatic carbocycles. The molecule has 0 N–H and O–H groups in total. The van der Waals surface area contributed by atoms with Crippen LogP contribution in [0.25, 0.3) is 10.8 Å². The van der Waals surface area contributed by atoms with Crippen LogP contribution >= 0.6 is 15.9 Å². The van der Waals surface area contributed by atoms with Gasteiger partial charge in [0.2, 0.25) is 5.88 Å². The van der Waals surface area contributed by atoms with Crippen LogP contribution in [0.3, 0.4) is 0 Å². The number of hydrogen-bond donors (Lipinski definition) is 0. The van der Waals surface area contributed by atoms with E-state index < -0.39 is 0 Å². The molecule has 0 saturated heterocycles. The van der Waals surface area contributed by atoms with Crippen molar-refractivity contribution in [3.8, 4) is 11.6 Å². The number of nitrogens with zero attached hydrogens (tertiary/aromatic N) is 1. The minimum atomic E-state index is 0.594. The van der Waals surface area contributed by atoms with Gasteiger partial charge in [-0.3, -0.25) is 0 Å². The lowest BCUT2D eigenvalue weighted by Gasteiger charge is -2.10. The zero-order valence-electron chi connectivity index (χ0n) is 10.4. The summed E-state index contributed by atoms with van der Waals surface area (Å²) in [7, 11) is 0. The van der Waals surface area contributed by atoms with Crippen LogP contribution in [0.4, 0.5) is 0 Å². The van der Waals surface area contributed by atoms with E-state index in [4.69, 9.17) is 4.74 Å². The average molecular weight is 314 g/mol. The summed E-state index contributed by atoms with van der Waals surface area (Å²) in [5.74, 6) is 1.41. The molecular weight excluding hydrogens is 302 g/mol. The molecule has 3 rings (SSSR count). The fourth-order valence-electron chi connectivity index (χ4n) is 1.98. The van der Waals surface area contributed by atoms with Crippen molar-refractivity contribution in [1.82, 2.24) is 4.98 Å². The van der Waals surface area contributed by atoms with Gasteiger partial charge in [0.05, 0.1) is 4.47 Å². The summed E-state index contributed by atoms with van der Waals surface area (Å²) in [6, 6.07) is 16.1. The second-order valence-electron chi connectivity index (χ2n) is 4.33. The fraction of sp³-hybridized carbons (Fsp3) is 0.0625. The Balaban J connectivity index is 2.09. The first kappa shape index (κ1) is 12.2. The summed E-state index contributed by atoms with van der Waals surface area (Å²) >= 11 is 3.51. The lowest BCUT2D eigenvalue weighted by atomic mass is 10.1. The average Bonchev–Trinajstić information content (AvgIpc) is 2.44. The number of aryl methyl sites for hydroxylation is 1. The molecule has 1 heterocycles. The molecule has 19 heavy (non-hydrogen) atoms. The van der Waals surface area contributed by atoms with Crippen molar-refractivity contribution in [2.24, 2.45) is 0 Å². The van der Waals surface area contributed by atoms with E-state index in [1.807, 2.05) is 43.3 Å². The van der Waals surface area contributed by atoms with Crippen molar-refractivity contribution in [1.29, 1.82) is 0 Å². The number of rotatable bonds is 2. The Labute approximate surface area is 120 Å². The molecule has 0 aliphatic heterocycles. The van der Waals surface area contributed by atoms with Gasteiger partial charge in [0.25, 0.3) is 0 Å². The fourth-order valence-corrected chi connectivity index (χ4v) is 2.29. The van der Waals surface area contributed by atoms with Crippen molar-refractivity contribution < 1.29 is 4.74 Å². The smallest absolute Gasteiger partial charge is 0.233 e. The first-order chi connectivity index (χ1) is 9.25. The number of hydrogen-bond acceptors (Lipinski definition) is 2. The molecule has 1 aromatic heterocycles. The highest BCUT2D eigenvalue weighted by molar-refractivity contribution is 9.10. The second-order valence-corrected chi connectivity index (χ2v) is 5.12. The van der Waals surface area contributed by atoms with Gasteiger partial charge < -0.3 is 4.74 Å². The van der Waals surface area contributed by atoms with Crippen LogP contribution in [0.2, 0.25) is 0 Å². The van der Waals surface area contributed by atoms with Gasteiger partial charge in [0.1, 0.15) is 5.75 Å². The van der Waals surface area contributed by atoms with E-state index in [9.17, 15) is 0 Å². The van der Waals surface area contributed by atoms with E-state index >= 15 is 0 Å². The Hall–Kier alpha value is -1.87. The van der Waals surface area contributed by atoms with Crippen LogP contribution < -0.4 is 4.74 Å². The van der Waals surface area contributed by atoms with Gasteiger partial charge in [0, 0.05) is 11.6 Å². The zero-order valence-corrected chi connectivity index (χ0v) is 12.0. The summed E-state index contributed by atoms with van der Waals surface area (Å²) in [6.07, 6.45) is 1.75. The van der Waals surface area contributed by atoms with Gasteiger partial charge in [-0.2, -0.15) is 0 Å². The maximum absolute atomic E-state index is 5.95. The summed E-state index contributed by atoms with van der Waals surface area (Å²) in [6.45, 7) is 2.02. The predicted octanol–water partition coefficient (Wildman–Crippen LogP) is 5.10. The summed E-state index contributed by atoms with van der Waals surface area (Å²) in [4.78, 5) is 4.27. The molecule has 0 unspecified atom stereocenters. The highest BCUT2D eigenvalue weighted by Crippen LogP contribution is 2.33. The van der Waals surface area contributed by atoms with E-state index in [2.05, 4.69) is 33.0 Å². The Morgan fingerprint density at radius 2 is 1.79 bits per heavy atom. The minimum absolute atomic E-state index is 0.594. The highest BCUT2D eigenvalue weighted by Gasteiger charge is 2.08. The molecular formula is C16H12BrNO. The van der Waals surface area contributed by atoms with Gasteiger partial charge in [-0.15, -0.1) is 0 Å². The third-order valence-electron chi connectivity index (χ3n) is 3.01. The number of halogens is 1. The molecule has 3 heteroatoms. The van der Waals surface area contributed by atoms with E-state index in [-0.39, 0.29) is 0 Å².